The molecule has 0 aromatic heterocycles. The van der Waals surface area contributed by atoms with Crippen molar-refractivity contribution in [1.29, 1.82) is 0 Å². The molecule has 0 nitrogen and oxygen atoms in total. The fourth-order valence-corrected chi connectivity index (χ4v) is 7.08. The Kier molecular flexibility index (Phi) is 4.68. The predicted molar refractivity (Wildman–Crippen MR) is 130 cm³/mol. The van der Waals surface area contributed by atoms with Gasteiger partial charge in [-0.2, -0.15) is 0 Å². The molecule has 6 rings (SSSR count). The molecule has 2 aromatic carbocycles. The first-order valence-corrected chi connectivity index (χ1v) is 11.9. The molecule has 4 unspecified atom stereocenters. The molecule has 4 atom stereocenters. The molecular formula is C31H30. The zero-order valence-electron chi connectivity index (χ0n) is 18.1. The van der Waals surface area contributed by atoms with Crippen LogP contribution in [0.2, 0.25) is 0 Å². The molecule has 0 bridgehead atoms. The second-order valence-corrected chi connectivity index (χ2v) is 9.59. The van der Waals surface area contributed by atoms with Gasteiger partial charge in [-0.15, -0.1) is 0 Å². The van der Waals surface area contributed by atoms with Crippen molar-refractivity contribution in [2.45, 2.75) is 32.1 Å². The SMILES string of the molecule is C1=CCC(C23CC4C=CC=CC4C2CCCC3=C(c2ccccc2)c2ccccc2)=C1. The summed E-state index contributed by atoms with van der Waals surface area (Å²) in [7, 11) is 0. The lowest BCUT2D eigenvalue weighted by atomic mass is 9.57. The summed E-state index contributed by atoms with van der Waals surface area (Å²) in [6.45, 7) is 0. The minimum atomic E-state index is 0.178. The van der Waals surface area contributed by atoms with Crippen molar-refractivity contribution >= 4 is 5.57 Å². The lowest BCUT2D eigenvalue weighted by molar-refractivity contribution is 0.220. The van der Waals surface area contributed by atoms with Crippen LogP contribution < -0.4 is 0 Å². The molecule has 2 aromatic rings. The van der Waals surface area contributed by atoms with Crippen LogP contribution in [0.4, 0.5) is 0 Å². The summed E-state index contributed by atoms with van der Waals surface area (Å²) in [6.07, 6.45) is 22.9. The van der Waals surface area contributed by atoms with Crippen LogP contribution in [0.5, 0.6) is 0 Å². The molecule has 0 aliphatic heterocycles. The van der Waals surface area contributed by atoms with Gasteiger partial charge in [0.25, 0.3) is 0 Å². The summed E-state index contributed by atoms with van der Waals surface area (Å²) in [4.78, 5) is 0. The number of rotatable bonds is 3. The van der Waals surface area contributed by atoms with E-state index in [0.29, 0.717) is 17.8 Å². The van der Waals surface area contributed by atoms with Gasteiger partial charge in [0.1, 0.15) is 0 Å². The molecule has 0 spiro atoms. The van der Waals surface area contributed by atoms with Gasteiger partial charge in [0, 0.05) is 5.41 Å². The Morgan fingerprint density at radius 1 is 0.806 bits per heavy atom. The van der Waals surface area contributed by atoms with E-state index in [0.717, 1.165) is 6.42 Å². The molecule has 0 amide bonds. The van der Waals surface area contributed by atoms with E-state index in [1.165, 1.54) is 42.4 Å². The summed E-state index contributed by atoms with van der Waals surface area (Å²) < 4.78 is 0. The summed E-state index contributed by atoms with van der Waals surface area (Å²) in [5, 5.41) is 0. The topological polar surface area (TPSA) is 0 Å². The third-order valence-corrected chi connectivity index (χ3v) is 8.20. The smallest absolute Gasteiger partial charge is 0.0176 e. The largest absolute Gasteiger partial charge is 0.0808 e. The molecular weight excluding hydrogens is 372 g/mol. The Bertz CT molecular complexity index is 1070. The van der Waals surface area contributed by atoms with Crippen LogP contribution in [0.3, 0.4) is 0 Å². The molecule has 2 fully saturated rings. The quantitative estimate of drug-likeness (QED) is 0.489. The van der Waals surface area contributed by atoms with Gasteiger partial charge in [0.15, 0.2) is 0 Å². The minimum absolute atomic E-state index is 0.178. The number of hydrogen-bond donors (Lipinski definition) is 0. The van der Waals surface area contributed by atoms with Gasteiger partial charge in [-0.3, -0.25) is 0 Å². The van der Waals surface area contributed by atoms with Crippen LogP contribution in [-0.2, 0) is 0 Å². The summed E-state index contributed by atoms with van der Waals surface area (Å²) >= 11 is 0. The van der Waals surface area contributed by atoms with Gasteiger partial charge in [-0.1, -0.05) is 114 Å². The van der Waals surface area contributed by atoms with Crippen molar-refractivity contribution in [3.05, 3.63) is 125 Å². The predicted octanol–water partition coefficient (Wildman–Crippen LogP) is 7.92. The fraction of sp³-hybridized carbons (Fsp3) is 0.290. The Hall–Kier alpha value is -2.86. The summed E-state index contributed by atoms with van der Waals surface area (Å²) in [6, 6.07) is 22.3. The number of benzene rings is 2. The molecule has 31 heavy (non-hydrogen) atoms. The lowest BCUT2D eigenvalue weighted by Gasteiger charge is -2.46. The van der Waals surface area contributed by atoms with E-state index in [1.54, 1.807) is 11.1 Å². The fourth-order valence-electron chi connectivity index (χ4n) is 7.08. The van der Waals surface area contributed by atoms with E-state index >= 15 is 0 Å². The first kappa shape index (κ1) is 18.9. The summed E-state index contributed by atoms with van der Waals surface area (Å²) in [5.41, 5.74) is 7.77. The Balaban J connectivity index is 1.63. The number of allylic oxidation sites excluding steroid dienone is 9. The third kappa shape index (κ3) is 2.96. The van der Waals surface area contributed by atoms with Crippen LogP contribution in [-0.4, -0.2) is 0 Å². The van der Waals surface area contributed by atoms with Gasteiger partial charge in [0.05, 0.1) is 0 Å². The van der Waals surface area contributed by atoms with E-state index < -0.39 is 0 Å². The maximum Gasteiger partial charge on any atom is 0.0176 e. The highest BCUT2D eigenvalue weighted by molar-refractivity contribution is 5.84. The summed E-state index contributed by atoms with van der Waals surface area (Å²) in [5.74, 6) is 2.04. The second-order valence-electron chi connectivity index (χ2n) is 9.59. The van der Waals surface area contributed by atoms with Gasteiger partial charge in [-0.05, 0) is 66.6 Å². The van der Waals surface area contributed by atoms with Crippen molar-refractivity contribution in [3.63, 3.8) is 0 Å². The minimum Gasteiger partial charge on any atom is -0.0808 e. The van der Waals surface area contributed by atoms with Crippen LogP contribution in [0.15, 0.2) is 114 Å². The highest BCUT2D eigenvalue weighted by Gasteiger charge is 2.57. The van der Waals surface area contributed by atoms with Crippen molar-refractivity contribution in [3.8, 4) is 0 Å². The average molecular weight is 403 g/mol. The Morgan fingerprint density at radius 3 is 2.19 bits per heavy atom. The van der Waals surface area contributed by atoms with Gasteiger partial charge in [0.2, 0.25) is 0 Å². The first-order chi connectivity index (χ1) is 15.4. The van der Waals surface area contributed by atoms with Gasteiger partial charge >= 0.3 is 0 Å². The van der Waals surface area contributed by atoms with Gasteiger partial charge in [-0.25, -0.2) is 0 Å². The molecule has 0 heterocycles. The molecule has 0 N–H and O–H groups in total. The maximum absolute atomic E-state index is 2.52. The molecule has 4 aliphatic rings. The first-order valence-electron chi connectivity index (χ1n) is 11.9. The van der Waals surface area contributed by atoms with Crippen LogP contribution >= 0.6 is 0 Å². The lowest BCUT2D eigenvalue weighted by Crippen LogP contribution is -2.36. The standard InChI is InChI=1S/C31H30/c1-3-12-23(13-4-1)30(24-14-5-2-6-15-24)29-21-11-20-28-27-19-10-7-16-25(27)22-31(28,29)26-17-8-9-18-26/h1-10,12-17,19,25,27-28H,11,18,20-22H2. The van der Waals surface area contributed by atoms with Crippen LogP contribution in [0.25, 0.3) is 5.57 Å². The molecule has 0 radical (unpaired) electrons. The zero-order valence-corrected chi connectivity index (χ0v) is 18.1. The van der Waals surface area contributed by atoms with Crippen molar-refractivity contribution in [2.24, 2.45) is 23.2 Å². The highest BCUT2D eigenvalue weighted by Crippen LogP contribution is 2.66. The van der Waals surface area contributed by atoms with Crippen molar-refractivity contribution in [1.82, 2.24) is 0 Å². The normalized spacial score (nSPS) is 30.8. The molecule has 4 aliphatic carbocycles. The van der Waals surface area contributed by atoms with Crippen molar-refractivity contribution < 1.29 is 0 Å². The zero-order chi connectivity index (χ0) is 20.7. The number of hydrogen-bond acceptors (Lipinski definition) is 0. The monoisotopic (exact) mass is 402 g/mol. The van der Waals surface area contributed by atoms with E-state index in [-0.39, 0.29) is 5.41 Å². The molecule has 154 valence electrons. The third-order valence-electron chi connectivity index (χ3n) is 8.20. The van der Waals surface area contributed by atoms with E-state index in [1.807, 2.05) is 0 Å². The highest BCUT2D eigenvalue weighted by atomic mass is 14.6. The van der Waals surface area contributed by atoms with Crippen LogP contribution in [0.1, 0.15) is 43.2 Å². The maximum atomic E-state index is 2.52. The van der Waals surface area contributed by atoms with E-state index in [2.05, 4.69) is 103 Å². The van der Waals surface area contributed by atoms with Crippen LogP contribution in [0, 0.1) is 23.2 Å². The average Bonchev–Trinajstić information content (AvgIpc) is 3.48. The van der Waals surface area contributed by atoms with E-state index in [4.69, 9.17) is 0 Å². The van der Waals surface area contributed by atoms with E-state index in [9.17, 15) is 0 Å². The molecule has 0 heteroatoms. The number of fused-ring (bicyclic) bond motifs is 3. The molecule has 0 saturated heterocycles. The Labute approximate surface area is 186 Å². The van der Waals surface area contributed by atoms with Crippen molar-refractivity contribution in [2.75, 3.05) is 0 Å². The Morgan fingerprint density at radius 2 is 1.52 bits per heavy atom. The molecule has 2 saturated carbocycles. The second kappa shape index (κ2) is 7.68. The van der Waals surface area contributed by atoms with Gasteiger partial charge < -0.3 is 0 Å².